The molecule has 0 spiro atoms. The minimum Gasteiger partial charge on any atom is -0.323 e. The topological polar surface area (TPSA) is 20.3 Å². The van der Waals surface area contributed by atoms with Crippen molar-refractivity contribution in [3.05, 3.63) is 69.2 Å². The molecule has 1 fully saturated rings. The summed E-state index contributed by atoms with van der Waals surface area (Å²) in [6.07, 6.45) is 2.40. The van der Waals surface area contributed by atoms with E-state index in [1.165, 1.54) is 18.4 Å². The minimum atomic E-state index is 0.136. The number of amides is 1. The Morgan fingerprint density at radius 3 is 2.70 bits per heavy atom. The van der Waals surface area contributed by atoms with Crippen molar-refractivity contribution in [1.82, 2.24) is 4.90 Å². The first-order chi connectivity index (χ1) is 11.2. The highest BCUT2D eigenvalue weighted by atomic mass is 79.9. The van der Waals surface area contributed by atoms with Crippen molar-refractivity contribution in [3.63, 3.8) is 0 Å². The van der Waals surface area contributed by atoms with Gasteiger partial charge >= 0.3 is 0 Å². The molecule has 2 aliphatic rings. The van der Waals surface area contributed by atoms with E-state index in [1.54, 1.807) is 0 Å². The van der Waals surface area contributed by atoms with Crippen molar-refractivity contribution >= 4 is 21.8 Å². The van der Waals surface area contributed by atoms with Gasteiger partial charge in [-0.3, -0.25) is 4.79 Å². The highest BCUT2D eigenvalue weighted by molar-refractivity contribution is 9.10. The fourth-order valence-corrected chi connectivity index (χ4v) is 3.63. The number of rotatable bonds is 2. The van der Waals surface area contributed by atoms with Crippen LogP contribution < -0.4 is 0 Å². The summed E-state index contributed by atoms with van der Waals surface area (Å²) in [7, 11) is 0. The van der Waals surface area contributed by atoms with Crippen LogP contribution in [0.15, 0.2) is 46.9 Å². The molecule has 0 atom stereocenters. The summed E-state index contributed by atoms with van der Waals surface area (Å²) in [5.74, 6) is 6.96. The van der Waals surface area contributed by atoms with Crippen LogP contribution in [-0.4, -0.2) is 17.4 Å². The first kappa shape index (κ1) is 14.5. The molecule has 4 rings (SSSR count). The molecule has 1 amide bonds. The molecule has 23 heavy (non-hydrogen) atoms. The van der Waals surface area contributed by atoms with Crippen molar-refractivity contribution in [2.75, 3.05) is 6.54 Å². The maximum absolute atomic E-state index is 12.7. The second-order valence-electron chi connectivity index (χ2n) is 6.13. The van der Waals surface area contributed by atoms with Crippen LogP contribution in [0.2, 0.25) is 0 Å². The Balaban J connectivity index is 1.56. The van der Waals surface area contributed by atoms with E-state index < -0.39 is 0 Å². The number of fused-ring (bicyclic) bond motifs is 1. The van der Waals surface area contributed by atoms with Crippen LogP contribution in [0.4, 0.5) is 0 Å². The largest absolute Gasteiger partial charge is 0.323 e. The predicted molar refractivity (Wildman–Crippen MR) is 94.2 cm³/mol. The molecule has 114 valence electrons. The maximum Gasteiger partial charge on any atom is 0.255 e. The Hall–Kier alpha value is -2.05. The predicted octanol–water partition coefficient (Wildman–Crippen LogP) is 4.33. The number of carbonyl (C=O) groups is 1. The van der Waals surface area contributed by atoms with Gasteiger partial charge in [0.25, 0.3) is 5.91 Å². The van der Waals surface area contributed by atoms with Crippen molar-refractivity contribution in [2.45, 2.75) is 25.3 Å². The molecule has 0 saturated heterocycles. The zero-order chi connectivity index (χ0) is 15.8. The Kier molecular flexibility index (Phi) is 3.71. The minimum absolute atomic E-state index is 0.136. The van der Waals surface area contributed by atoms with Crippen LogP contribution in [0.5, 0.6) is 0 Å². The molecule has 2 aromatic carbocycles. The average molecular weight is 366 g/mol. The van der Waals surface area contributed by atoms with Crippen molar-refractivity contribution in [3.8, 4) is 11.8 Å². The SMILES string of the molecule is O=C1c2c(cc(Br)cc2C2CC2)CN1CC#Cc1ccccc1. The molecule has 1 aliphatic heterocycles. The third kappa shape index (κ3) is 2.92. The molecule has 0 N–H and O–H groups in total. The number of benzene rings is 2. The van der Waals surface area contributed by atoms with E-state index in [4.69, 9.17) is 0 Å². The van der Waals surface area contributed by atoms with Gasteiger partial charge in [-0.25, -0.2) is 0 Å². The third-order valence-electron chi connectivity index (χ3n) is 4.37. The van der Waals surface area contributed by atoms with Gasteiger partial charge in [-0.2, -0.15) is 0 Å². The zero-order valence-electron chi connectivity index (χ0n) is 12.7. The molecular formula is C20H16BrNO. The zero-order valence-corrected chi connectivity index (χ0v) is 14.3. The van der Waals surface area contributed by atoms with Gasteiger partial charge in [0, 0.05) is 22.1 Å². The van der Waals surface area contributed by atoms with E-state index in [1.807, 2.05) is 35.2 Å². The highest BCUT2D eigenvalue weighted by Crippen LogP contribution is 2.45. The second kappa shape index (κ2) is 5.86. The molecule has 1 aliphatic carbocycles. The lowest BCUT2D eigenvalue weighted by atomic mass is 10.00. The second-order valence-corrected chi connectivity index (χ2v) is 7.05. The summed E-state index contributed by atoms with van der Waals surface area (Å²) in [5.41, 5.74) is 4.26. The average Bonchev–Trinajstić information content (AvgIpc) is 3.34. The molecule has 0 bridgehead atoms. The van der Waals surface area contributed by atoms with Gasteiger partial charge < -0.3 is 4.90 Å². The van der Waals surface area contributed by atoms with Gasteiger partial charge in [0.2, 0.25) is 0 Å². The molecule has 3 heteroatoms. The fraction of sp³-hybridized carbons (Fsp3) is 0.250. The number of halogens is 1. The van der Waals surface area contributed by atoms with Crippen molar-refractivity contribution < 1.29 is 4.79 Å². The van der Waals surface area contributed by atoms with Gasteiger partial charge in [0.05, 0.1) is 6.54 Å². The Morgan fingerprint density at radius 1 is 1.17 bits per heavy atom. The summed E-state index contributed by atoms with van der Waals surface area (Å²) in [5, 5.41) is 0. The molecule has 1 saturated carbocycles. The summed E-state index contributed by atoms with van der Waals surface area (Å²) < 4.78 is 1.07. The first-order valence-electron chi connectivity index (χ1n) is 7.88. The number of nitrogens with zero attached hydrogens (tertiary/aromatic N) is 1. The summed E-state index contributed by atoms with van der Waals surface area (Å²) in [6.45, 7) is 1.14. The standard InChI is InChI=1S/C20H16BrNO/c21-17-11-16-13-22(10-4-7-14-5-2-1-3-6-14)20(23)19(16)18(12-17)15-8-9-15/h1-3,5-6,11-12,15H,8-10,13H2. The molecule has 0 radical (unpaired) electrons. The smallest absolute Gasteiger partial charge is 0.255 e. The molecule has 2 aromatic rings. The van der Waals surface area contributed by atoms with Gasteiger partial charge in [-0.15, -0.1) is 0 Å². The van der Waals surface area contributed by atoms with Gasteiger partial charge in [0.1, 0.15) is 0 Å². The molecular weight excluding hydrogens is 350 g/mol. The van der Waals surface area contributed by atoms with E-state index in [0.717, 1.165) is 21.2 Å². The monoisotopic (exact) mass is 365 g/mol. The Morgan fingerprint density at radius 2 is 1.96 bits per heavy atom. The van der Waals surface area contributed by atoms with E-state index in [0.29, 0.717) is 19.0 Å². The molecule has 2 nitrogen and oxygen atoms in total. The molecule has 1 heterocycles. The Bertz CT molecular complexity index is 828. The lowest BCUT2D eigenvalue weighted by Gasteiger charge is -2.11. The normalized spacial score (nSPS) is 16.0. The van der Waals surface area contributed by atoms with Crippen molar-refractivity contribution in [2.24, 2.45) is 0 Å². The lowest BCUT2D eigenvalue weighted by molar-refractivity contribution is 0.0798. The molecule has 0 unspecified atom stereocenters. The third-order valence-corrected chi connectivity index (χ3v) is 4.83. The Labute approximate surface area is 144 Å². The quantitative estimate of drug-likeness (QED) is 0.725. The van der Waals surface area contributed by atoms with E-state index in [9.17, 15) is 4.79 Å². The van der Waals surface area contributed by atoms with E-state index >= 15 is 0 Å². The fourth-order valence-electron chi connectivity index (χ4n) is 3.11. The number of carbonyl (C=O) groups excluding carboxylic acids is 1. The van der Waals surface area contributed by atoms with Crippen LogP contribution in [0, 0.1) is 11.8 Å². The maximum atomic E-state index is 12.7. The first-order valence-corrected chi connectivity index (χ1v) is 8.67. The summed E-state index contributed by atoms with van der Waals surface area (Å²) in [4.78, 5) is 14.6. The van der Waals surface area contributed by atoms with Crippen LogP contribution in [0.25, 0.3) is 0 Å². The van der Waals surface area contributed by atoms with Crippen molar-refractivity contribution in [1.29, 1.82) is 0 Å². The van der Waals surface area contributed by atoms with Crippen LogP contribution in [0.3, 0.4) is 0 Å². The molecule has 0 aromatic heterocycles. The van der Waals surface area contributed by atoms with Crippen LogP contribution in [0.1, 0.15) is 45.8 Å². The van der Waals surface area contributed by atoms with Crippen LogP contribution in [-0.2, 0) is 6.54 Å². The lowest BCUT2D eigenvalue weighted by Crippen LogP contribution is -2.24. The van der Waals surface area contributed by atoms with Gasteiger partial charge in [-0.1, -0.05) is 46.0 Å². The number of hydrogen-bond donors (Lipinski definition) is 0. The highest BCUT2D eigenvalue weighted by Gasteiger charge is 2.35. The van der Waals surface area contributed by atoms with E-state index in [2.05, 4.69) is 39.9 Å². The summed E-state index contributed by atoms with van der Waals surface area (Å²) >= 11 is 3.58. The van der Waals surface area contributed by atoms with Gasteiger partial charge in [0.15, 0.2) is 0 Å². The summed E-state index contributed by atoms with van der Waals surface area (Å²) in [6, 6.07) is 14.1. The van der Waals surface area contributed by atoms with Crippen LogP contribution >= 0.6 is 15.9 Å². The number of hydrogen-bond acceptors (Lipinski definition) is 1. The van der Waals surface area contributed by atoms with E-state index in [-0.39, 0.29) is 5.91 Å². The van der Waals surface area contributed by atoms with Gasteiger partial charge in [-0.05, 0) is 54.2 Å².